The van der Waals surface area contributed by atoms with Gasteiger partial charge in [-0.05, 0) is 26.4 Å². The fourth-order valence-corrected chi connectivity index (χ4v) is 2.00. The number of aliphatic hydroxyl groups excluding tert-OH is 1. The van der Waals surface area contributed by atoms with E-state index in [1.54, 1.807) is 13.1 Å². The molecule has 2 unspecified atom stereocenters. The summed E-state index contributed by atoms with van der Waals surface area (Å²) in [7, 11) is 0. The molecule has 0 amide bonds. The van der Waals surface area contributed by atoms with Crippen LogP contribution in [0.25, 0.3) is 0 Å². The first-order valence-corrected chi connectivity index (χ1v) is 5.56. The number of nitrogens with zero attached hydrogens (tertiary/aromatic N) is 2. The predicted molar refractivity (Wildman–Crippen MR) is 56.6 cm³/mol. The molecule has 4 heteroatoms. The molecule has 1 aromatic rings. The topological polar surface area (TPSA) is 49.5 Å². The van der Waals surface area contributed by atoms with Gasteiger partial charge in [0.1, 0.15) is 6.10 Å². The van der Waals surface area contributed by atoms with Crippen LogP contribution in [0.3, 0.4) is 0 Å². The normalized spacial score (nSPS) is 24.6. The minimum atomic E-state index is -0.560. The van der Waals surface area contributed by atoms with Crippen molar-refractivity contribution in [3.63, 3.8) is 0 Å². The van der Waals surface area contributed by atoms with E-state index in [1.165, 1.54) is 0 Å². The molecule has 1 fully saturated rings. The molecule has 0 spiro atoms. The van der Waals surface area contributed by atoms with Crippen LogP contribution >= 0.6 is 0 Å². The third-order valence-electron chi connectivity index (χ3n) is 3.02. The predicted octanol–water partition coefficient (Wildman–Crippen LogP) is 1.54. The van der Waals surface area contributed by atoms with E-state index in [2.05, 4.69) is 16.8 Å². The summed E-state index contributed by atoms with van der Waals surface area (Å²) in [6.07, 6.45) is 2.18. The first kappa shape index (κ1) is 10.6. The van der Waals surface area contributed by atoms with Crippen LogP contribution in [0.1, 0.15) is 43.9 Å². The summed E-state index contributed by atoms with van der Waals surface area (Å²) in [6.45, 7) is 7.08. The fraction of sp³-hybridized carbons (Fsp3) is 0.727. The van der Waals surface area contributed by atoms with Crippen molar-refractivity contribution >= 4 is 0 Å². The first-order chi connectivity index (χ1) is 7.20. The number of hydrogen-bond donors (Lipinski definition) is 1. The molecule has 0 aromatic carbocycles. The lowest BCUT2D eigenvalue weighted by Gasteiger charge is -2.10. The molecule has 1 aliphatic heterocycles. The highest BCUT2D eigenvalue weighted by atomic mass is 16.4. The summed E-state index contributed by atoms with van der Waals surface area (Å²) in [6, 6.07) is 0. The van der Waals surface area contributed by atoms with Gasteiger partial charge in [0.25, 0.3) is 0 Å². The highest BCUT2D eigenvalue weighted by Gasteiger charge is 2.26. The average molecular weight is 210 g/mol. The lowest BCUT2D eigenvalue weighted by molar-refractivity contribution is 0.166. The fourth-order valence-electron chi connectivity index (χ4n) is 2.00. The smallest absolute Gasteiger partial charge is 0.198 e. The van der Waals surface area contributed by atoms with Crippen LogP contribution in [0, 0.1) is 0 Å². The van der Waals surface area contributed by atoms with Crippen LogP contribution in [0.5, 0.6) is 0 Å². The number of oxazole rings is 1. The van der Waals surface area contributed by atoms with Gasteiger partial charge in [-0.1, -0.05) is 6.92 Å². The Balaban J connectivity index is 2.04. The third kappa shape index (κ3) is 2.21. The molecule has 1 saturated heterocycles. The van der Waals surface area contributed by atoms with Crippen molar-refractivity contribution in [2.45, 2.75) is 32.3 Å². The van der Waals surface area contributed by atoms with Crippen molar-refractivity contribution in [2.24, 2.45) is 0 Å². The van der Waals surface area contributed by atoms with Gasteiger partial charge in [-0.25, -0.2) is 4.98 Å². The third-order valence-corrected chi connectivity index (χ3v) is 3.02. The number of hydrogen-bond acceptors (Lipinski definition) is 4. The van der Waals surface area contributed by atoms with E-state index >= 15 is 0 Å². The molecular weight excluding hydrogens is 192 g/mol. The molecule has 2 heterocycles. The molecule has 0 saturated carbocycles. The Morgan fingerprint density at radius 2 is 2.53 bits per heavy atom. The summed E-state index contributed by atoms with van der Waals surface area (Å²) in [5, 5.41) is 9.33. The Bertz CT molecular complexity index is 322. The zero-order valence-corrected chi connectivity index (χ0v) is 9.31. The van der Waals surface area contributed by atoms with E-state index in [4.69, 9.17) is 4.42 Å². The molecule has 1 N–H and O–H groups in total. The van der Waals surface area contributed by atoms with Crippen LogP contribution < -0.4 is 0 Å². The molecule has 0 bridgehead atoms. The number of aliphatic hydroxyl groups is 1. The van der Waals surface area contributed by atoms with E-state index in [-0.39, 0.29) is 0 Å². The lowest BCUT2D eigenvalue weighted by Crippen LogP contribution is -2.19. The Labute approximate surface area is 89.9 Å². The highest BCUT2D eigenvalue weighted by Crippen LogP contribution is 2.27. The van der Waals surface area contributed by atoms with Crippen molar-refractivity contribution in [1.29, 1.82) is 0 Å². The maximum Gasteiger partial charge on any atom is 0.198 e. The van der Waals surface area contributed by atoms with E-state index in [0.29, 0.717) is 11.7 Å². The number of likely N-dealkylation sites (tertiary alicyclic amines) is 1. The van der Waals surface area contributed by atoms with Crippen LogP contribution in [-0.2, 0) is 0 Å². The number of likely N-dealkylation sites (N-methyl/N-ethyl adjacent to an activating group) is 1. The lowest BCUT2D eigenvalue weighted by atomic mass is 10.1. The van der Waals surface area contributed by atoms with Gasteiger partial charge in [0.05, 0.1) is 6.20 Å². The molecule has 84 valence electrons. The minimum Gasteiger partial charge on any atom is -0.443 e. The van der Waals surface area contributed by atoms with Gasteiger partial charge in [0.15, 0.2) is 11.7 Å². The zero-order chi connectivity index (χ0) is 10.8. The first-order valence-electron chi connectivity index (χ1n) is 5.56. The standard InChI is InChI=1S/C11H18N2O2/c1-3-13-5-4-9(7-13)11-12-6-10(15-11)8(2)14/h6,8-9,14H,3-5,7H2,1-2H3. The van der Waals surface area contributed by atoms with Crippen molar-refractivity contribution in [3.05, 3.63) is 17.8 Å². The second-order valence-corrected chi connectivity index (χ2v) is 4.16. The Morgan fingerprint density at radius 1 is 1.73 bits per heavy atom. The van der Waals surface area contributed by atoms with Crippen LogP contribution in [-0.4, -0.2) is 34.6 Å². The van der Waals surface area contributed by atoms with Crippen molar-refractivity contribution in [1.82, 2.24) is 9.88 Å². The summed E-state index contributed by atoms with van der Waals surface area (Å²) in [4.78, 5) is 6.62. The Kier molecular flexibility index (Phi) is 3.07. The average Bonchev–Trinajstić information content (AvgIpc) is 2.86. The molecular formula is C11H18N2O2. The maximum atomic E-state index is 9.33. The van der Waals surface area contributed by atoms with Crippen molar-refractivity contribution < 1.29 is 9.52 Å². The molecule has 2 rings (SSSR count). The quantitative estimate of drug-likeness (QED) is 0.822. The van der Waals surface area contributed by atoms with Crippen molar-refractivity contribution in [3.8, 4) is 0 Å². The van der Waals surface area contributed by atoms with E-state index < -0.39 is 6.10 Å². The van der Waals surface area contributed by atoms with Crippen LogP contribution in [0.2, 0.25) is 0 Å². The maximum absolute atomic E-state index is 9.33. The molecule has 2 atom stereocenters. The summed E-state index contributed by atoms with van der Waals surface area (Å²) >= 11 is 0. The number of aromatic nitrogens is 1. The van der Waals surface area contributed by atoms with Gasteiger partial charge >= 0.3 is 0 Å². The van der Waals surface area contributed by atoms with E-state index in [9.17, 15) is 5.11 Å². The summed E-state index contributed by atoms with van der Waals surface area (Å²) in [5.41, 5.74) is 0. The zero-order valence-electron chi connectivity index (χ0n) is 9.31. The monoisotopic (exact) mass is 210 g/mol. The second kappa shape index (κ2) is 4.33. The summed E-state index contributed by atoms with van der Waals surface area (Å²) in [5.74, 6) is 1.75. The molecule has 1 aromatic heterocycles. The SMILES string of the molecule is CCN1CCC(c2ncc(C(C)O)o2)C1. The van der Waals surface area contributed by atoms with Gasteiger partial charge in [-0.2, -0.15) is 0 Å². The van der Waals surface area contributed by atoms with Gasteiger partial charge in [-0.3, -0.25) is 0 Å². The molecule has 0 radical (unpaired) electrons. The van der Waals surface area contributed by atoms with Crippen LogP contribution in [0.4, 0.5) is 0 Å². The Morgan fingerprint density at radius 3 is 3.07 bits per heavy atom. The van der Waals surface area contributed by atoms with E-state index in [0.717, 1.165) is 31.9 Å². The van der Waals surface area contributed by atoms with Crippen LogP contribution in [0.15, 0.2) is 10.6 Å². The summed E-state index contributed by atoms with van der Waals surface area (Å²) < 4.78 is 5.53. The van der Waals surface area contributed by atoms with E-state index in [1.807, 2.05) is 0 Å². The van der Waals surface area contributed by atoms with Gasteiger partial charge in [0, 0.05) is 12.5 Å². The molecule has 1 aliphatic rings. The minimum absolute atomic E-state index is 0.400. The molecule has 15 heavy (non-hydrogen) atoms. The van der Waals surface area contributed by atoms with Crippen molar-refractivity contribution in [2.75, 3.05) is 19.6 Å². The molecule has 0 aliphatic carbocycles. The highest BCUT2D eigenvalue weighted by molar-refractivity contribution is 5.03. The van der Waals surface area contributed by atoms with Gasteiger partial charge < -0.3 is 14.4 Å². The largest absolute Gasteiger partial charge is 0.443 e. The number of rotatable bonds is 3. The Hall–Kier alpha value is -0.870. The van der Waals surface area contributed by atoms with Gasteiger partial charge in [0.2, 0.25) is 0 Å². The second-order valence-electron chi connectivity index (χ2n) is 4.16. The van der Waals surface area contributed by atoms with Gasteiger partial charge in [-0.15, -0.1) is 0 Å². The molecule has 4 nitrogen and oxygen atoms in total.